The zero-order chi connectivity index (χ0) is 17.4. The van der Waals surface area contributed by atoms with Crippen LogP contribution in [-0.2, 0) is 16.1 Å². The molecule has 2 amide bonds. The van der Waals surface area contributed by atoms with Crippen molar-refractivity contribution in [3.63, 3.8) is 0 Å². The van der Waals surface area contributed by atoms with Crippen LogP contribution >= 0.6 is 11.6 Å². The SMILES string of the molecule is C[C@H](NC(=O)COc1ccccc1)C(=O)NCc1ccccc1Cl. The van der Waals surface area contributed by atoms with Gasteiger partial charge in [0.1, 0.15) is 11.8 Å². The molecule has 2 rings (SSSR count). The predicted molar refractivity (Wildman–Crippen MR) is 92.8 cm³/mol. The number of ether oxygens (including phenoxy) is 1. The van der Waals surface area contributed by atoms with Gasteiger partial charge < -0.3 is 15.4 Å². The molecule has 0 fully saturated rings. The van der Waals surface area contributed by atoms with Gasteiger partial charge in [0.15, 0.2) is 6.61 Å². The van der Waals surface area contributed by atoms with E-state index in [0.717, 1.165) is 5.56 Å². The van der Waals surface area contributed by atoms with Crippen LogP contribution in [0.4, 0.5) is 0 Å². The summed E-state index contributed by atoms with van der Waals surface area (Å²) < 4.78 is 5.33. The average molecular weight is 347 g/mol. The van der Waals surface area contributed by atoms with Gasteiger partial charge in [-0.05, 0) is 30.7 Å². The van der Waals surface area contributed by atoms with Crippen LogP contribution in [0.1, 0.15) is 12.5 Å². The second-order valence-corrected chi connectivity index (χ2v) is 5.61. The third-order valence-electron chi connectivity index (χ3n) is 3.29. The molecular weight excluding hydrogens is 328 g/mol. The van der Waals surface area contributed by atoms with Crippen LogP contribution in [0.3, 0.4) is 0 Å². The molecule has 5 nitrogen and oxygen atoms in total. The normalized spacial score (nSPS) is 11.4. The number of para-hydroxylation sites is 1. The van der Waals surface area contributed by atoms with Gasteiger partial charge in [0, 0.05) is 11.6 Å². The van der Waals surface area contributed by atoms with Crippen molar-refractivity contribution in [2.24, 2.45) is 0 Å². The van der Waals surface area contributed by atoms with Gasteiger partial charge in [-0.2, -0.15) is 0 Å². The Morgan fingerprint density at radius 3 is 2.46 bits per heavy atom. The third kappa shape index (κ3) is 5.59. The Kier molecular flexibility index (Phi) is 6.63. The van der Waals surface area contributed by atoms with Gasteiger partial charge in [0.05, 0.1) is 0 Å². The van der Waals surface area contributed by atoms with Crippen LogP contribution in [0.5, 0.6) is 5.75 Å². The van der Waals surface area contributed by atoms with Gasteiger partial charge in [-0.1, -0.05) is 48.0 Å². The largest absolute Gasteiger partial charge is 0.484 e. The van der Waals surface area contributed by atoms with Gasteiger partial charge in [-0.15, -0.1) is 0 Å². The van der Waals surface area contributed by atoms with Crippen molar-refractivity contribution in [1.82, 2.24) is 10.6 Å². The molecule has 0 bridgehead atoms. The number of hydrogen-bond acceptors (Lipinski definition) is 3. The zero-order valence-corrected chi connectivity index (χ0v) is 14.0. The summed E-state index contributed by atoms with van der Waals surface area (Å²) in [5.41, 5.74) is 0.818. The highest BCUT2D eigenvalue weighted by Crippen LogP contribution is 2.14. The lowest BCUT2D eigenvalue weighted by Gasteiger charge is -2.15. The summed E-state index contributed by atoms with van der Waals surface area (Å²) in [6.45, 7) is 1.77. The Morgan fingerprint density at radius 2 is 1.75 bits per heavy atom. The second-order valence-electron chi connectivity index (χ2n) is 5.20. The molecule has 0 radical (unpaired) electrons. The fourth-order valence-electron chi connectivity index (χ4n) is 1.99. The molecule has 0 saturated carbocycles. The van der Waals surface area contributed by atoms with Gasteiger partial charge >= 0.3 is 0 Å². The summed E-state index contributed by atoms with van der Waals surface area (Å²) in [5.74, 6) is -0.0503. The minimum atomic E-state index is -0.667. The molecule has 6 heteroatoms. The van der Waals surface area contributed by atoms with Crippen molar-refractivity contribution in [2.75, 3.05) is 6.61 Å². The summed E-state index contributed by atoms with van der Waals surface area (Å²) in [5, 5.41) is 5.92. The zero-order valence-electron chi connectivity index (χ0n) is 13.3. The van der Waals surface area contributed by atoms with Crippen molar-refractivity contribution in [3.8, 4) is 5.75 Å². The summed E-state index contributed by atoms with van der Waals surface area (Å²) in [6, 6.07) is 15.6. The topological polar surface area (TPSA) is 67.4 Å². The van der Waals surface area contributed by atoms with Crippen molar-refractivity contribution in [1.29, 1.82) is 0 Å². The third-order valence-corrected chi connectivity index (χ3v) is 3.66. The number of carbonyl (C=O) groups is 2. The lowest BCUT2D eigenvalue weighted by atomic mass is 10.2. The molecule has 0 aromatic heterocycles. The quantitative estimate of drug-likeness (QED) is 0.809. The van der Waals surface area contributed by atoms with Crippen LogP contribution in [0.15, 0.2) is 54.6 Å². The highest BCUT2D eigenvalue weighted by molar-refractivity contribution is 6.31. The fraction of sp³-hybridized carbons (Fsp3) is 0.222. The monoisotopic (exact) mass is 346 g/mol. The molecule has 0 aliphatic carbocycles. The fourth-order valence-corrected chi connectivity index (χ4v) is 2.19. The maximum Gasteiger partial charge on any atom is 0.258 e. The van der Waals surface area contributed by atoms with Crippen LogP contribution in [-0.4, -0.2) is 24.5 Å². The van der Waals surface area contributed by atoms with E-state index in [2.05, 4.69) is 10.6 Å². The first-order valence-corrected chi connectivity index (χ1v) is 7.92. The van der Waals surface area contributed by atoms with Crippen LogP contribution in [0.2, 0.25) is 5.02 Å². The van der Waals surface area contributed by atoms with Crippen LogP contribution in [0, 0.1) is 0 Å². The minimum Gasteiger partial charge on any atom is -0.484 e. The minimum absolute atomic E-state index is 0.147. The number of nitrogens with one attached hydrogen (secondary N) is 2. The van der Waals surface area contributed by atoms with E-state index in [1.165, 1.54) is 0 Å². The Hall–Kier alpha value is -2.53. The molecule has 2 aromatic rings. The van der Waals surface area contributed by atoms with E-state index >= 15 is 0 Å². The summed E-state index contributed by atoms with van der Waals surface area (Å²) in [7, 11) is 0. The average Bonchev–Trinajstić information content (AvgIpc) is 2.60. The first kappa shape index (κ1) is 17.8. The van der Waals surface area contributed by atoms with Gasteiger partial charge in [-0.3, -0.25) is 9.59 Å². The summed E-state index contributed by atoms with van der Waals surface area (Å²) >= 11 is 6.03. The molecule has 0 unspecified atom stereocenters. The van der Waals surface area contributed by atoms with Gasteiger partial charge in [0.2, 0.25) is 5.91 Å². The maximum atomic E-state index is 12.0. The number of hydrogen-bond donors (Lipinski definition) is 2. The standard InChI is InChI=1S/C18H19ClN2O3/c1-13(18(23)20-11-14-7-5-6-10-16(14)19)21-17(22)12-24-15-8-3-2-4-9-15/h2-10,13H,11-12H2,1H3,(H,20,23)(H,21,22)/t13-/m0/s1. The number of carbonyl (C=O) groups excluding carboxylic acids is 2. The molecule has 1 atom stereocenters. The highest BCUT2D eigenvalue weighted by Gasteiger charge is 2.15. The van der Waals surface area contributed by atoms with E-state index < -0.39 is 6.04 Å². The molecule has 24 heavy (non-hydrogen) atoms. The molecule has 0 saturated heterocycles. The number of amides is 2. The van der Waals surface area contributed by atoms with E-state index in [1.807, 2.05) is 36.4 Å². The lowest BCUT2D eigenvalue weighted by molar-refractivity contribution is -0.129. The Labute approximate surface area is 146 Å². The van der Waals surface area contributed by atoms with E-state index in [9.17, 15) is 9.59 Å². The summed E-state index contributed by atoms with van der Waals surface area (Å²) in [6.07, 6.45) is 0. The molecule has 2 aromatic carbocycles. The van der Waals surface area contributed by atoms with Crippen LogP contribution in [0.25, 0.3) is 0 Å². The molecule has 0 aliphatic heterocycles. The van der Waals surface area contributed by atoms with E-state index in [1.54, 1.807) is 25.1 Å². The number of rotatable bonds is 7. The lowest BCUT2D eigenvalue weighted by Crippen LogP contribution is -2.46. The van der Waals surface area contributed by atoms with Crippen molar-refractivity contribution in [3.05, 3.63) is 65.2 Å². The first-order valence-electron chi connectivity index (χ1n) is 7.54. The molecule has 0 spiro atoms. The molecule has 0 aliphatic rings. The molecule has 0 heterocycles. The van der Waals surface area contributed by atoms with Crippen molar-refractivity contribution in [2.45, 2.75) is 19.5 Å². The Balaban J connectivity index is 1.74. The van der Waals surface area contributed by atoms with Crippen molar-refractivity contribution >= 4 is 23.4 Å². The predicted octanol–water partition coefficient (Wildman–Crippen LogP) is 2.54. The first-order chi connectivity index (χ1) is 11.6. The smallest absolute Gasteiger partial charge is 0.258 e. The number of halogens is 1. The molecular formula is C18H19ClN2O3. The molecule has 126 valence electrons. The van der Waals surface area contributed by atoms with Crippen molar-refractivity contribution < 1.29 is 14.3 Å². The second kappa shape index (κ2) is 8.93. The Morgan fingerprint density at radius 1 is 1.08 bits per heavy atom. The van der Waals surface area contributed by atoms with Gasteiger partial charge in [0.25, 0.3) is 5.91 Å². The van der Waals surface area contributed by atoms with E-state index in [4.69, 9.17) is 16.3 Å². The summed E-state index contributed by atoms with van der Waals surface area (Å²) in [4.78, 5) is 23.9. The van der Waals surface area contributed by atoms with Crippen LogP contribution < -0.4 is 15.4 Å². The van der Waals surface area contributed by atoms with E-state index in [-0.39, 0.29) is 18.4 Å². The molecule has 2 N–H and O–H groups in total. The maximum absolute atomic E-state index is 12.0. The Bertz CT molecular complexity index is 692. The number of benzene rings is 2. The highest BCUT2D eigenvalue weighted by atomic mass is 35.5. The van der Waals surface area contributed by atoms with Gasteiger partial charge in [-0.25, -0.2) is 0 Å². The van der Waals surface area contributed by atoms with E-state index in [0.29, 0.717) is 17.3 Å².